The second-order valence-corrected chi connectivity index (χ2v) is 9.01. The van der Waals surface area contributed by atoms with Crippen LogP contribution in [0.1, 0.15) is 69.9 Å². The normalized spacial score (nSPS) is 14.7. The van der Waals surface area contributed by atoms with E-state index in [1.807, 2.05) is 53.7 Å². The largest absolute Gasteiger partial charge is 0.507 e. The van der Waals surface area contributed by atoms with E-state index in [9.17, 15) is 9.90 Å². The Bertz CT molecular complexity index is 760. The lowest BCUT2D eigenvalue weighted by atomic mass is 9.76. The van der Waals surface area contributed by atoms with Gasteiger partial charge in [-0.05, 0) is 39.7 Å². The van der Waals surface area contributed by atoms with Crippen LogP contribution in [0.15, 0.2) is 34.9 Å². The number of aromatic hydroxyl groups is 1. The van der Waals surface area contributed by atoms with Gasteiger partial charge in [0.25, 0.3) is 0 Å². The van der Waals surface area contributed by atoms with Crippen LogP contribution >= 0.6 is 0 Å². The number of rotatable bonds is 4. The van der Waals surface area contributed by atoms with Crippen molar-refractivity contribution in [2.75, 3.05) is 7.11 Å². The minimum atomic E-state index is -0.925. The van der Waals surface area contributed by atoms with Crippen LogP contribution in [0.25, 0.3) is 0 Å². The van der Waals surface area contributed by atoms with Crippen LogP contribution in [0.4, 0.5) is 0 Å². The van der Waals surface area contributed by atoms with E-state index >= 15 is 0 Å². The first-order chi connectivity index (χ1) is 12.4. The van der Waals surface area contributed by atoms with Crippen molar-refractivity contribution in [2.24, 2.45) is 5.73 Å². The van der Waals surface area contributed by atoms with Crippen LogP contribution in [-0.4, -0.2) is 24.2 Å². The van der Waals surface area contributed by atoms with Crippen LogP contribution in [0.2, 0.25) is 0 Å². The molecule has 1 aromatic carbocycles. The van der Waals surface area contributed by atoms with Crippen LogP contribution in [-0.2, 0) is 20.4 Å². The van der Waals surface area contributed by atoms with Gasteiger partial charge in [0.15, 0.2) is 0 Å². The van der Waals surface area contributed by atoms with Gasteiger partial charge >= 0.3 is 5.97 Å². The zero-order valence-electron chi connectivity index (χ0n) is 17.3. The van der Waals surface area contributed by atoms with Gasteiger partial charge < -0.3 is 20.0 Å². The summed E-state index contributed by atoms with van der Waals surface area (Å²) in [5, 5.41) is 10.9. The SMILES string of the molecule is COC(=O)[C@@H](N)[C@H](c1cc(C(C)(C)C)c(O)c(C(C)(C)C)c1)c1ccco1. The number of carbonyl (C=O) groups excluding carboxylic acids is 1. The Morgan fingerprint density at radius 1 is 1.11 bits per heavy atom. The summed E-state index contributed by atoms with van der Waals surface area (Å²) < 4.78 is 10.5. The summed E-state index contributed by atoms with van der Waals surface area (Å²) in [7, 11) is 1.32. The maximum atomic E-state index is 12.2. The monoisotopic (exact) mass is 373 g/mol. The molecular formula is C22H31NO4. The van der Waals surface area contributed by atoms with E-state index in [1.165, 1.54) is 7.11 Å². The molecule has 3 N–H and O–H groups in total. The van der Waals surface area contributed by atoms with Crippen LogP contribution < -0.4 is 5.73 Å². The van der Waals surface area contributed by atoms with Crippen molar-refractivity contribution in [3.05, 3.63) is 53.0 Å². The Hall–Kier alpha value is -2.27. The van der Waals surface area contributed by atoms with E-state index < -0.39 is 17.9 Å². The number of methoxy groups -OCH3 is 1. The number of ether oxygens (including phenoxy) is 1. The lowest BCUT2D eigenvalue weighted by molar-refractivity contribution is -0.142. The van der Waals surface area contributed by atoms with Crippen molar-refractivity contribution >= 4 is 5.97 Å². The summed E-state index contributed by atoms with van der Waals surface area (Å²) in [6.45, 7) is 12.3. The van der Waals surface area contributed by atoms with E-state index in [-0.39, 0.29) is 16.6 Å². The number of phenols is 1. The summed E-state index contributed by atoms with van der Waals surface area (Å²) in [4.78, 5) is 12.2. The fourth-order valence-corrected chi connectivity index (χ4v) is 3.27. The maximum Gasteiger partial charge on any atom is 0.323 e. The second kappa shape index (κ2) is 7.39. The van der Waals surface area contributed by atoms with Crippen LogP contribution in [0, 0.1) is 0 Å². The molecule has 1 aromatic heterocycles. The highest BCUT2D eigenvalue weighted by Gasteiger charge is 2.34. The van der Waals surface area contributed by atoms with Gasteiger partial charge in [-0.15, -0.1) is 0 Å². The first-order valence-corrected chi connectivity index (χ1v) is 9.12. The Morgan fingerprint density at radius 2 is 1.63 bits per heavy atom. The fraction of sp³-hybridized carbons (Fsp3) is 0.500. The molecule has 2 atom stereocenters. The second-order valence-electron chi connectivity index (χ2n) is 9.01. The molecule has 0 aliphatic heterocycles. The third-order valence-electron chi connectivity index (χ3n) is 4.79. The highest BCUT2D eigenvalue weighted by atomic mass is 16.5. The molecule has 0 unspecified atom stereocenters. The molecule has 0 aliphatic rings. The third kappa shape index (κ3) is 4.35. The van der Waals surface area contributed by atoms with E-state index in [0.29, 0.717) is 5.76 Å². The summed E-state index contributed by atoms with van der Waals surface area (Å²) in [6, 6.07) is 6.48. The Labute approximate surface area is 161 Å². The molecule has 0 bridgehead atoms. The molecule has 2 aromatic rings. The zero-order valence-corrected chi connectivity index (χ0v) is 17.3. The predicted molar refractivity (Wildman–Crippen MR) is 106 cm³/mol. The molecule has 27 heavy (non-hydrogen) atoms. The number of carbonyl (C=O) groups is 1. The van der Waals surface area contributed by atoms with Crippen LogP contribution in [0.5, 0.6) is 5.75 Å². The molecule has 0 amide bonds. The number of esters is 1. The van der Waals surface area contributed by atoms with Gasteiger partial charge in [-0.25, -0.2) is 0 Å². The van der Waals surface area contributed by atoms with Gasteiger partial charge in [0.05, 0.1) is 19.3 Å². The average Bonchev–Trinajstić information content (AvgIpc) is 3.07. The van der Waals surface area contributed by atoms with Gasteiger partial charge in [0, 0.05) is 0 Å². The molecule has 2 rings (SSSR count). The Morgan fingerprint density at radius 3 is 2.00 bits per heavy atom. The van der Waals surface area contributed by atoms with Crippen molar-refractivity contribution < 1.29 is 19.1 Å². The lowest BCUT2D eigenvalue weighted by Crippen LogP contribution is -2.38. The minimum Gasteiger partial charge on any atom is -0.507 e. The van der Waals surface area contributed by atoms with Crippen molar-refractivity contribution in [3.8, 4) is 5.75 Å². The van der Waals surface area contributed by atoms with Crippen LogP contribution in [0.3, 0.4) is 0 Å². The van der Waals surface area contributed by atoms with Crippen molar-refractivity contribution in [1.29, 1.82) is 0 Å². The van der Waals surface area contributed by atoms with Gasteiger partial charge in [-0.3, -0.25) is 4.79 Å². The number of benzene rings is 1. The maximum absolute atomic E-state index is 12.2. The van der Waals surface area contributed by atoms with Gasteiger partial charge in [0.1, 0.15) is 17.6 Å². The van der Waals surface area contributed by atoms with E-state index in [1.54, 1.807) is 18.4 Å². The number of hydrogen-bond acceptors (Lipinski definition) is 5. The van der Waals surface area contributed by atoms with E-state index in [4.69, 9.17) is 14.9 Å². The zero-order chi connectivity index (χ0) is 20.6. The van der Waals surface area contributed by atoms with E-state index in [0.717, 1.165) is 16.7 Å². The van der Waals surface area contributed by atoms with Crippen molar-refractivity contribution in [2.45, 2.75) is 64.3 Å². The average molecular weight is 373 g/mol. The minimum absolute atomic E-state index is 0.281. The molecular weight excluding hydrogens is 342 g/mol. The Balaban J connectivity index is 2.77. The van der Waals surface area contributed by atoms with E-state index in [2.05, 4.69) is 0 Å². The quantitative estimate of drug-likeness (QED) is 0.784. The van der Waals surface area contributed by atoms with Gasteiger partial charge in [0.2, 0.25) is 0 Å². The first-order valence-electron chi connectivity index (χ1n) is 9.12. The fourth-order valence-electron chi connectivity index (χ4n) is 3.27. The topological polar surface area (TPSA) is 85.7 Å². The highest BCUT2D eigenvalue weighted by Crippen LogP contribution is 2.42. The Kier molecular flexibility index (Phi) is 5.76. The molecule has 148 valence electrons. The number of phenolic OH excluding ortho intramolecular Hbond substituents is 1. The molecule has 1 heterocycles. The highest BCUT2D eigenvalue weighted by molar-refractivity contribution is 5.77. The molecule has 5 nitrogen and oxygen atoms in total. The summed E-state index contributed by atoms with van der Waals surface area (Å²) >= 11 is 0. The molecule has 0 radical (unpaired) electrons. The lowest BCUT2D eigenvalue weighted by Gasteiger charge is -2.30. The predicted octanol–water partition coefficient (Wildman–Crippen LogP) is 4.21. The summed E-state index contributed by atoms with van der Waals surface area (Å²) in [6.07, 6.45) is 1.56. The molecule has 0 aliphatic carbocycles. The molecule has 0 spiro atoms. The first kappa shape index (κ1) is 21.0. The van der Waals surface area contributed by atoms with Crippen molar-refractivity contribution in [1.82, 2.24) is 0 Å². The standard InChI is InChI=1S/C22H31NO4/c1-21(2,3)14-11-13(12-15(19(14)24)22(4,5)6)17(16-9-8-10-27-16)18(23)20(25)26-7/h8-12,17-18,24H,23H2,1-7H3/t17-,18+/m1/s1. The third-order valence-corrected chi connectivity index (χ3v) is 4.79. The molecule has 0 saturated heterocycles. The van der Waals surface area contributed by atoms with Crippen molar-refractivity contribution in [3.63, 3.8) is 0 Å². The van der Waals surface area contributed by atoms with Gasteiger partial charge in [-0.1, -0.05) is 53.7 Å². The number of furan rings is 1. The number of nitrogens with two attached hydrogens (primary N) is 1. The van der Waals surface area contributed by atoms with Gasteiger partial charge in [-0.2, -0.15) is 0 Å². The number of hydrogen-bond donors (Lipinski definition) is 2. The summed E-state index contributed by atoms with van der Waals surface area (Å²) in [5.41, 5.74) is 8.10. The smallest absolute Gasteiger partial charge is 0.323 e. The molecule has 0 saturated carbocycles. The molecule has 0 fully saturated rings. The molecule has 5 heteroatoms. The summed E-state index contributed by atoms with van der Waals surface area (Å²) in [5.74, 6) is -0.170.